The molecule has 0 saturated carbocycles. The quantitative estimate of drug-likeness (QED) is 0.502. The molecule has 150 valence electrons. The molecule has 0 bridgehead atoms. The largest absolute Gasteiger partial charge is 0.483 e. The van der Waals surface area contributed by atoms with Crippen molar-refractivity contribution in [3.05, 3.63) is 81.7 Å². The lowest BCUT2D eigenvalue weighted by atomic mass is 10.0. The van der Waals surface area contributed by atoms with Gasteiger partial charge < -0.3 is 14.5 Å². The summed E-state index contributed by atoms with van der Waals surface area (Å²) >= 11 is 0. The SMILES string of the molecule is Cc1c(OCC(=O)Nc2cccc3ccccc23)ccc2c3c(c(=O)oc12)CCC3. The minimum atomic E-state index is -0.260. The van der Waals surface area contributed by atoms with Gasteiger partial charge in [0.05, 0.1) is 0 Å². The third kappa shape index (κ3) is 3.12. The van der Waals surface area contributed by atoms with Gasteiger partial charge in [0.15, 0.2) is 6.61 Å². The minimum Gasteiger partial charge on any atom is -0.483 e. The molecule has 1 aromatic heterocycles. The van der Waals surface area contributed by atoms with Crippen molar-refractivity contribution in [2.75, 3.05) is 11.9 Å². The fourth-order valence-corrected chi connectivity index (χ4v) is 4.28. The summed E-state index contributed by atoms with van der Waals surface area (Å²) in [6.45, 7) is 1.72. The van der Waals surface area contributed by atoms with E-state index in [-0.39, 0.29) is 18.1 Å². The van der Waals surface area contributed by atoms with Gasteiger partial charge in [-0.3, -0.25) is 4.79 Å². The molecule has 1 aliphatic carbocycles. The van der Waals surface area contributed by atoms with Crippen molar-refractivity contribution in [2.45, 2.75) is 26.2 Å². The molecule has 0 aliphatic heterocycles. The van der Waals surface area contributed by atoms with Gasteiger partial charge in [-0.05, 0) is 55.3 Å². The van der Waals surface area contributed by atoms with Crippen LogP contribution < -0.4 is 15.7 Å². The first-order valence-electron chi connectivity index (χ1n) is 10.1. The maximum absolute atomic E-state index is 12.5. The predicted octanol–water partition coefficient (Wildman–Crippen LogP) is 4.76. The maximum Gasteiger partial charge on any atom is 0.339 e. The Bertz CT molecular complexity index is 1350. The van der Waals surface area contributed by atoms with E-state index in [0.29, 0.717) is 11.3 Å². The summed E-state index contributed by atoms with van der Waals surface area (Å²) in [5.41, 5.74) is 3.65. The molecule has 5 heteroatoms. The molecule has 0 unspecified atom stereocenters. The van der Waals surface area contributed by atoms with Crippen molar-refractivity contribution < 1.29 is 13.9 Å². The van der Waals surface area contributed by atoms with Crippen molar-refractivity contribution in [3.8, 4) is 5.75 Å². The van der Waals surface area contributed by atoms with E-state index < -0.39 is 0 Å². The highest BCUT2D eigenvalue weighted by molar-refractivity contribution is 6.02. The lowest BCUT2D eigenvalue weighted by molar-refractivity contribution is -0.118. The molecule has 5 nitrogen and oxygen atoms in total. The van der Waals surface area contributed by atoms with E-state index in [4.69, 9.17) is 9.15 Å². The van der Waals surface area contributed by atoms with Crippen LogP contribution in [0.5, 0.6) is 5.75 Å². The number of aryl methyl sites for hydroxylation is 2. The molecule has 4 aromatic rings. The van der Waals surface area contributed by atoms with Crippen LogP contribution in [0, 0.1) is 6.92 Å². The van der Waals surface area contributed by atoms with Crippen LogP contribution in [0.15, 0.2) is 63.8 Å². The second-order valence-electron chi connectivity index (χ2n) is 7.63. The Morgan fingerprint density at radius 1 is 1.00 bits per heavy atom. The van der Waals surface area contributed by atoms with E-state index >= 15 is 0 Å². The van der Waals surface area contributed by atoms with Gasteiger partial charge in [-0.15, -0.1) is 0 Å². The molecule has 0 atom stereocenters. The van der Waals surface area contributed by atoms with Crippen LogP contribution in [-0.4, -0.2) is 12.5 Å². The highest BCUT2D eigenvalue weighted by Crippen LogP contribution is 2.33. The zero-order valence-electron chi connectivity index (χ0n) is 16.7. The lowest BCUT2D eigenvalue weighted by Gasteiger charge is -2.13. The number of ether oxygens (including phenoxy) is 1. The topological polar surface area (TPSA) is 68.5 Å². The molecule has 1 N–H and O–H groups in total. The van der Waals surface area contributed by atoms with Crippen LogP contribution in [0.3, 0.4) is 0 Å². The van der Waals surface area contributed by atoms with Crippen LogP contribution in [0.1, 0.15) is 23.1 Å². The van der Waals surface area contributed by atoms with Crippen LogP contribution in [0.2, 0.25) is 0 Å². The number of anilines is 1. The minimum absolute atomic E-state index is 0.134. The average molecular weight is 399 g/mol. The van der Waals surface area contributed by atoms with Gasteiger partial charge >= 0.3 is 5.63 Å². The van der Waals surface area contributed by atoms with E-state index in [1.807, 2.05) is 61.5 Å². The highest BCUT2D eigenvalue weighted by atomic mass is 16.5. The van der Waals surface area contributed by atoms with Crippen molar-refractivity contribution in [1.29, 1.82) is 0 Å². The third-order valence-electron chi connectivity index (χ3n) is 5.76. The first kappa shape index (κ1) is 18.4. The maximum atomic E-state index is 12.5. The molecule has 0 saturated heterocycles. The van der Waals surface area contributed by atoms with Gasteiger partial charge in [-0.25, -0.2) is 4.79 Å². The van der Waals surface area contributed by atoms with Gasteiger partial charge in [0.25, 0.3) is 5.91 Å². The summed E-state index contributed by atoms with van der Waals surface area (Å²) in [5.74, 6) is 0.290. The van der Waals surface area contributed by atoms with Crippen molar-refractivity contribution in [2.24, 2.45) is 0 Å². The van der Waals surface area contributed by atoms with Crippen molar-refractivity contribution >= 4 is 33.3 Å². The molecule has 3 aromatic carbocycles. The number of benzene rings is 3. The Hall–Kier alpha value is -3.60. The summed E-state index contributed by atoms with van der Waals surface area (Å²) in [4.78, 5) is 24.8. The number of carbonyl (C=O) groups is 1. The summed E-state index contributed by atoms with van der Waals surface area (Å²) in [6.07, 6.45) is 2.65. The molecule has 0 fully saturated rings. The van der Waals surface area contributed by atoms with E-state index in [0.717, 1.165) is 57.8 Å². The fourth-order valence-electron chi connectivity index (χ4n) is 4.28. The number of fused-ring (bicyclic) bond motifs is 4. The first-order chi connectivity index (χ1) is 14.6. The summed E-state index contributed by atoms with van der Waals surface area (Å²) in [5, 5.41) is 5.92. The van der Waals surface area contributed by atoms with Gasteiger partial charge in [0.2, 0.25) is 0 Å². The molecule has 1 heterocycles. The van der Waals surface area contributed by atoms with Crippen molar-refractivity contribution in [1.82, 2.24) is 0 Å². The van der Waals surface area contributed by atoms with Gasteiger partial charge in [0, 0.05) is 27.6 Å². The van der Waals surface area contributed by atoms with E-state index in [1.165, 1.54) is 0 Å². The Morgan fingerprint density at radius 3 is 2.70 bits per heavy atom. The molecule has 1 amide bonds. The molecule has 0 radical (unpaired) electrons. The number of nitrogens with one attached hydrogen (secondary N) is 1. The summed E-state index contributed by atoms with van der Waals surface area (Å²) < 4.78 is 11.4. The normalized spacial score (nSPS) is 12.8. The number of hydrogen-bond donors (Lipinski definition) is 1. The second kappa shape index (κ2) is 7.34. The van der Waals surface area contributed by atoms with Crippen LogP contribution >= 0.6 is 0 Å². The number of hydrogen-bond acceptors (Lipinski definition) is 4. The van der Waals surface area contributed by atoms with Crippen LogP contribution in [0.25, 0.3) is 21.7 Å². The Kier molecular flexibility index (Phi) is 4.51. The number of rotatable bonds is 4. The number of carbonyl (C=O) groups excluding carboxylic acids is 1. The average Bonchev–Trinajstić information content (AvgIpc) is 3.25. The molecular weight excluding hydrogens is 378 g/mol. The Morgan fingerprint density at radius 2 is 1.80 bits per heavy atom. The molecule has 1 aliphatic rings. The fraction of sp³-hybridized carbons (Fsp3) is 0.200. The van der Waals surface area contributed by atoms with E-state index in [1.54, 1.807) is 0 Å². The van der Waals surface area contributed by atoms with Crippen LogP contribution in [0.4, 0.5) is 5.69 Å². The smallest absolute Gasteiger partial charge is 0.339 e. The number of amides is 1. The third-order valence-corrected chi connectivity index (χ3v) is 5.76. The van der Waals surface area contributed by atoms with Gasteiger partial charge in [0.1, 0.15) is 11.3 Å². The first-order valence-corrected chi connectivity index (χ1v) is 10.1. The van der Waals surface area contributed by atoms with E-state index in [2.05, 4.69) is 5.32 Å². The molecule has 0 spiro atoms. The van der Waals surface area contributed by atoms with E-state index in [9.17, 15) is 9.59 Å². The summed E-state index contributed by atoms with van der Waals surface area (Å²) in [6, 6.07) is 17.4. The lowest BCUT2D eigenvalue weighted by Crippen LogP contribution is -2.20. The monoisotopic (exact) mass is 399 g/mol. The molecular formula is C25H21NO4. The second-order valence-corrected chi connectivity index (χ2v) is 7.63. The van der Waals surface area contributed by atoms with Crippen LogP contribution in [-0.2, 0) is 17.6 Å². The Balaban J connectivity index is 1.37. The zero-order chi connectivity index (χ0) is 20.7. The van der Waals surface area contributed by atoms with Gasteiger partial charge in [-0.2, -0.15) is 0 Å². The molecule has 30 heavy (non-hydrogen) atoms. The van der Waals surface area contributed by atoms with Gasteiger partial charge in [-0.1, -0.05) is 36.4 Å². The molecule has 5 rings (SSSR count). The summed E-state index contributed by atoms with van der Waals surface area (Å²) in [7, 11) is 0. The standard InChI is InChI=1S/C25H21NO4/c1-15-22(13-12-19-18-9-5-10-20(18)25(28)30-24(15)19)29-14-23(27)26-21-11-4-7-16-6-2-3-8-17(16)21/h2-4,6-8,11-13H,5,9-10,14H2,1H3,(H,26,27). The van der Waals surface area contributed by atoms with Crippen molar-refractivity contribution in [3.63, 3.8) is 0 Å². The zero-order valence-corrected chi connectivity index (χ0v) is 16.7. The predicted molar refractivity (Wildman–Crippen MR) is 117 cm³/mol. The Labute approximate surface area is 173 Å². The highest BCUT2D eigenvalue weighted by Gasteiger charge is 2.21.